The van der Waals surface area contributed by atoms with Crippen LogP contribution >= 0.6 is 11.3 Å². The third kappa shape index (κ3) is 2.66. The molecule has 0 aliphatic carbocycles. The largest absolute Gasteiger partial charge is 0.475 e. The Morgan fingerprint density at radius 2 is 2.22 bits per heavy atom. The lowest BCUT2D eigenvalue weighted by molar-refractivity contribution is 0.305. The van der Waals surface area contributed by atoms with Gasteiger partial charge in [-0.15, -0.1) is 16.4 Å². The fourth-order valence-electron chi connectivity index (χ4n) is 1.52. The second kappa shape index (κ2) is 5.61. The van der Waals surface area contributed by atoms with E-state index in [1.54, 1.807) is 11.3 Å². The normalized spacial score (nSPS) is 10.1. The smallest absolute Gasteiger partial charge is 0.251 e. The van der Waals surface area contributed by atoms with Gasteiger partial charge < -0.3 is 4.74 Å². The van der Waals surface area contributed by atoms with Crippen LogP contribution in [0, 0.1) is 25.2 Å². The van der Waals surface area contributed by atoms with E-state index < -0.39 is 0 Å². The predicted molar refractivity (Wildman–Crippen MR) is 69.7 cm³/mol. The van der Waals surface area contributed by atoms with Crippen molar-refractivity contribution in [1.82, 2.24) is 10.2 Å². The van der Waals surface area contributed by atoms with Gasteiger partial charge in [-0.2, -0.15) is 10.4 Å². The number of rotatable bonds is 4. The van der Waals surface area contributed by atoms with Crippen LogP contribution in [0.25, 0.3) is 0 Å². The molecule has 2 aromatic heterocycles. The zero-order valence-corrected chi connectivity index (χ0v) is 11.1. The number of aromatic nitrogens is 2. The van der Waals surface area contributed by atoms with E-state index in [4.69, 9.17) is 10.00 Å². The molecule has 0 bridgehead atoms. The quantitative estimate of drug-likeness (QED) is 0.847. The topological polar surface area (TPSA) is 58.8 Å². The standard InChI is InChI=1S/C13H13N3OS/c1-9-10(2)15-16-13(12(9)8-14)17-6-5-11-4-3-7-18-11/h3-4,7H,5-6H2,1-2H3. The molecule has 2 aromatic rings. The second-order valence-corrected chi connectivity index (χ2v) is 4.91. The third-order valence-corrected chi connectivity index (χ3v) is 3.64. The summed E-state index contributed by atoms with van der Waals surface area (Å²) in [5, 5.41) is 19.1. The van der Waals surface area contributed by atoms with Crippen LogP contribution in [0.1, 0.15) is 21.7 Å². The van der Waals surface area contributed by atoms with Crippen molar-refractivity contribution < 1.29 is 4.74 Å². The number of aryl methyl sites for hydroxylation is 1. The lowest BCUT2D eigenvalue weighted by Gasteiger charge is -2.08. The molecule has 0 radical (unpaired) electrons. The van der Waals surface area contributed by atoms with Crippen LogP contribution < -0.4 is 4.74 Å². The van der Waals surface area contributed by atoms with Crippen LogP contribution in [-0.4, -0.2) is 16.8 Å². The van der Waals surface area contributed by atoms with Crippen LogP contribution in [0.5, 0.6) is 5.88 Å². The highest BCUT2D eigenvalue weighted by molar-refractivity contribution is 7.09. The highest BCUT2D eigenvalue weighted by Gasteiger charge is 2.11. The SMILES string of the molecule is Cc1nnc(OCCc2cccs2)c(C#N)c1C. The first-order valence-corrected chi connectivity index (χ1v) is 6.49. The van der Waals surface area contributed by atoms with Crippen LogP contribution in [0.3, 0.4) is 0 Å². The molecule has 0 atom stereocenters. The minimum atomic E-state index is 0.331. The molecule has 0 aliphatic rings. The summed E-state index contributed by atoms with van der Waals surface area (Å²) in [6, 6.07) is 6.19. The Morgan fingerprint density at radius 3 is 2.89 bits per heavy atom. The van der Waals surface area contributed by atoms with Gasteiger partial charge in [0.1, 0.15) is 11.6 Å². The highest BCUT2D eigenvalue weighted by Crippen LogP contribution is 2.19. The van der Waals surface area contributed by atoms with Crippen LogP contribution in [-0.2, 0) is 6.42 Å². The monoisotopic (exact) mass is 259 g/mol. The minimum Gasteiger partial charge on any atom is -0.475 e. The molecule has 0 aromatic carbocycles. The molecule has 92 valence electrons. The van der Waals surface area contributed by atoms with Gasteiger partial charge in [0.05, 0.1) is 12.3 Å². The molecule has 0 N–H and O–H groups in total. The Bertz CT molecular complexity index is 573. The number of hydrogen-bond donors (Lipinski definition) is 0. The zero-order chi connectivity index (χ0) is 13.0. The van der Waals surface area contributed by atoms with Crippen molar-refractivity contribution in [3.8, 4) is 11.9 Å². The fourth-order valence-corrected chi connectivity index (χ4v) is 2.21. The Kier molecular flexibility index (Phi) is 3.90. The van der Waals surface area contributed by atoms with Crippen molar-refractivity contribution in [3.63, 3.8) is 0 Å². The maximum absolute atomic E-state index is 9.11. The molecular weight excluding hydrogens is 246 g/mol. The molecule has 0 spiro atoms. The summed E-state index contributed by atoms with van der Waals surface area (Å²) in [5.74, 6) is 0.331. The van der Waals surface area contributed by atoms with Crippen molar-refractivity contribution in [2.45, 2.75) is 20.3 Å². The Hall–Kier alpha value is -1.93. The molecule has 2 rings (SSSR count). The van der Waals surface area contributed by atoms with Gasteiger partial charge in [-0.05, 0) is 30.9 Å². The van der Waals surface area contributed by atoms with E-state index in [1.807, 2.05) is 25.3 Å². The summed E-state index contributed by atoms with van der Waals surface area (Å²) in [6.07, 6.45) is 0.817. The highest BCUT2D eigenvalue weighted by atomic mass is 32.1. The number of thiophene rings is 1. The molecule has 0 unspecified atom stereocenters. The maximum Gasteiger partial charge on any atom is 0.251 e. The average molecular weight is 259 g/mol. The van der Waals surface area contributed by atoms with Crippen molar-refractivity contribution in [1.29, 1.82) is 5.26 Å². The van der Waals surface area contributed by atoms with Crippen LogP contribution in [0.4, 0.5) is 0 Å². The van der Waals surface area contributed by atoms with Gasteiger partial charge in [0.2, 0.25) is 0 Å². The molecule has 18 heavy (non-hydrogen) atoms. The van der Waals surface area contributed by atoms with Gasteiger partial charge in [-0.3, -0.25) is 0 Å². The summed E-state index contributed by atoms with van der Waals surface area (Å²) in [4.78, 5) is 1.25. The molecule has 0 saturated carbocycles. The Balaban J connectivity index is 2.06. The summed E-state index contributed by atoms with van der Waals surface area (Å²) in [5.41, 5.74) is 2.07. The molecular formula is C13H13N3OS. The van der Waals surface area contributed by atoms with E-state index in [0.717, 1.165) is 17.7 Å². The van der Waals surface area contributed by atoms with Gasteiger partial charge >= 0.3 is 0 Å². The van der Waals surface area contributed by atoms with E-state index in [0.29, 0.717) is 18.1 Å². The van der Waals surface area contributed by atoms with Gasteiger partial charge in [-0.1, -0.05) is 6.07 Å². The molecule has 4 nitrogen and oxygen atoms in total. The van der Waals surface area contributed by atoms with Crippen LogP contribution in [0.15, 0.2) is 17.5 Å². The average Bonchev–Trinajstić information content (AvgIpc) is 2.87. The van der Waals surface area contributed by atoms with Crippen molar-refractivity contribution in [2.75, 3.05) is 6.61 Å². The van der Waals surface area contributed by atoms with E-state index in [9.17, 15) is 0 Å². The maximum atomic E-state index is 9.11. The van der Waals surface area contributed by atoms with Gasteiger partial charge in [0.25, 0.3) is 5.88 Å². The van der Waals surface area contributed by atoms with Gasteiger partial charge in [0.15, 0.2) is 0 Å². The van der Waals surface area contributed by atoms with E-state index >= 15 is 0 Å². The number of nitrogens with zero attached hydrogens (tertiary/aromatic N) is 3. The van der Waals surface area contributed by atoms with Gasteiger partial charge in [-0.25, -0.2) is 0 Å². The second-order valence-electron chi connectivity index (χ2n) is 3.88. The van der Waals surface area contributed by atoms with E-state index in [2.05, 4.69) is 22.3 Å². The lowest BCUT2D eigenvalue weighted by atomic mass is 10.1. The van der Waals surface area contributed by atoms with E-state index in [1.165, 1.54) is 4.88 Å². The first kappa shape index (κ1) is 12.5. The van der Waals surface area contributed by atoms with Crippen molar-refractivity contribution >= 4 is 11.3 Å². The van der Waals surface area contributed by atoms with Crippen molar-refractivity contribution in [2.24, 2.45) is 0 Å². The molecule has 0 fully saturated rings. The molecule has 0 saturated heterocycles. The lowest BCUT2D eigenvalue weighted by Crippen LogP contribution is -2.06. The molecule has 0 amide bonds. The predicted octanol–water partition coefficient (Wildman–Crippen LogP) is 2.65. The first-order chi connectivity index (χ1) is 8.72. The van der Waals surface area contributed by atoms with Crippen molar-refractivity contribution in [3.05, 3.63) is 39.2 Å². The summed E-state index contributed by atoms with van der Waals surface area (Å²) < 4.78 is 5.55. The first-order valence-electron chi connectivity index (χ1n) is 5.61. The fraction of sp³-hybridized carbons (Fsp3) is 0.308. The van der Waals surface area contributed by atoms with Crippen LogP contribution in [0.2, 0.25) is 0 Å². The minimum absolute atomic E-state index is 0.331. The number of hydrogen-bond acceptors (Lipinski definition) is 5. The zero-order valence-electron chi connectivity index (χ0n) is 10.3. The third-order valence-electron chi connectivity index (χ3n) is 2.70. The van der Waals surface area contributed by atoms with E-state index in [-0.39, 0.29) is 0 Å². The molecule has 0 aliphatic heterocycles. The summed E-state index contributed by atoms with van der Waals surface area (Å²) >= 11 is 1.69. The number of nitriles is 1. The Morgan fingerprint density at radius 1 is 1.39 bits per heavy atom. The Labute approximate surface area is 110 Å². The number of ether oxygens (including phenoxy) is 1. The van der Waals surface area contributed by atoms with Gasteiger partial charge in [0, 0.05) is 11.3 Å². The molecule has 2 heterocycles. The molecule has 5 heteroatoms. The summed E-state index contributed by atoms with van der Waals surface area (Å²) in [6.45, 7) is 4.19. The summed E-state index contributed by atoms with van der Waals surface area (Å²) in [7, 11) is 0.